The summed E-state index contributed by atoms with van der Waals surface area (Å²) in [5.74, 6) is -0.406. The number of hydrogen-bond acceptors (Lipinski definition) is 6. The number of carbonyl (C=O) groups is 1. The van der Waals surface area contributed by atoms with Crippen molar-refractivity contribution in [3.05, 3.63) is 60.1 Å². The molecule has 1 N–H and O–H groups in total. The lowest BCUT2D eigenvalue weighted by molar-refractivity contribution is -0.119. The van der Waals surface area contributed by atoms with Gasteiger partial charge in [-0.05, 0) is 50.8 Å². The molecular formula is C25H24FN7OS. The van der Waals surface area contributed by atoms with Crippen LogP contribution >= 0.6 is 11.8 Å². The van der Waals surface area contributed by atoms with E-state index in [1.807, 2.05) is 25.4 Å². The van der Waals surface area contributed by atoms with Gasteiger partial charge in [0.05, 0.1) is 29.5 Å². The largest absolute Gasteiger partial charge is 0.354 e. The van der Waals surface area contributed by atoms with Crippen molar-refractivity contribution in [1.82, 2.24) is 29.7 Å². The third kappa shape index (κ3) is 4.51. The van der Waals surface area contributed by atoms with Crippen molar-refractivity contribution >= 4 is 23.2 Å². The molecule has 1 saturated carbocycles. The first kappa shape index (κ1) is 23.1. The Bertz CT molecular complexity index is 1450. The quantitative estimate of drug-likeness (QED) is 0.437. The van der Waals surface area contributed by atoms with E-state index in [9.17, 15) is 14.4 Å². The number of nitrogens with zero attached hydrogens (tertiary/aromatic N) is 6. The van der Waals surface area contributed by atoms with Gasteiger partial charge in [0, 0.05) is 47.1 Å². The molecule has 0 bridgehead atoms. The molecule has 0 saturated heterocycles. The Kier molecular flexibility index (Phi) is 6.26. The Hall–Kier alpha value is -3.71. The number of carbonyl (C=O) groups excluding carboxylic acids is 1. The lowest BCUT2D eigenvalue weighted by atomic mass is 9.91. The van der Waals surface area contributed by atoms with E-state index < -0.39 is 5.82 Å². The zero-order chi connectivity index (χ0) is 24.5. The van der Waals surface area contributed by atoms with Gasteiger partial charge in [-0.15, -0.1) is 0 Å². The van der Waals surface area contributed by atoms with Gasteiger partial charge in [0.2, 0.25) is 5.91 Å². The highest BCUT2D eigenvalue weighted by Crippen LogP contribution is 2.37. The number of amides is 1. The zero-order valence-electron chi connectivity index (χ0n) is 19.4. The zero-order valence-corrected chi connectivity index (χ0v) is 20.2. The van der Waals surface area contributed by atoms with Crippen molar-refractivity contribution in [2.24, 2.45) is 0 Å². The number of aromatic nitrogens is 5. The molecule has 4 aromatic rings. The summed E-state index contributed by atoms with van der Waals surface area (Å²) in [4.78, 5) is 16.2. The summed E-state index contributed by atoms with van der Waals surface area (Å²) in [5, 5.41) is 21.9. The van der Waals surface area contributed by atoms with E-state index in [4.69, 9.17) is 5.10 Å². The molecule has 4 heterocycles. The molecule has 0 aromatic carbocycles. The van der Waals surface area contributed by atoms with E-state index in [2.05, 4.69) is 26.2 Å². The summed E-state index contributed by atoms with van der Waals surface area (Å²) in [6, 6.07) is 7.52. The summed E-state index contributed by atoms with van der Waals surface area (Å²) in [6.45, 7) is 3.60. The fraction of sp³-hybridized carbons (Fsp3) is 0.320. The fourth-order valence-electron chi connectivity index (χ4n) is 4.77. The van der Waals surface area contributed by atoms with Crippen LogP contribution in [0.3, 0.4) is 0 Å². The minimum Gasteiger partial charge on any atom is -0.354 e. The predicted molar refractivity (Wildman–Crippen MR) is 129 cm³/mol. The van der Waals surface area contributed by atoms with Crippen LogP contribution in [0.25, 0.3) is 16.6 Å². The highest BCUT2D eigenvalue weighted by Gasteiger charge is 2.25. The van der Waals surface area contributed by atoms with Crippen LogP contribution in [0.2, 0.25) is 0 Å². The smallest absolute Gasteiger partial charge is 0.217 e. The summed E-state index contributed by atoms with van der Waals surface area (Å²) in [5.41, 5.74) is 3.89. The van der Waals surface area contributed by atoms with Crippen molar-refractivity contribution in [2.75, 3.05) is 0 Å². The second-order valence-corrected chi connectivity index (χ2v) is 9.77. The Morgan fingerprint density at radius 1 is 1.26 bits per heavy atom. The van der Waals surface area contributed by atoms with Crippen molar-refractivity contribution < 1.29 is 9.18 Å². The molecule has 1 aliphatic carbocycles. The molecule has 10 heteroatoms. The maximum Gasteiger partial charge on any atom is 0.217 e. The average Bonchev–Trinajstić information content (AvgIpc) is 3.44. The molecule has 0 unspecified atom stereocenters. The number of hydrogen-bond donors (Lipinski definition) is 1. The lowest BCUT2D eigenvalue weighted by Crippen LogP contribution is -2.36. The molecule has 8 nitrogen and oxygen atoms in total. The Morgan fingerprint density at radius 3 is 2.77 bits per heavy atom. The number of nitrogens with one attached hydrogen (secondary N) is 1. The van der Waals surface area contributed by atoms with E-state index in [1.165, 1.54) is 24.0 Å². The van der Waals surface area contributed by atoms with E-state index >= 15 is 0 Å². The minimum atomic E-state index is -0.419. The first-order chi connectivity index (χ1) is 16.9. The number of nitriles is 1. The molecule has 35 heavy (non-hydrogen) atoms. The van der Waals surface area contributed by atoms with Crippen LogP contribution in [-0.4, -0.2) is 36.3 Å². The first-order valence-electron chi connectivity index (χ1n) is 11.5. The highest BCUT2D eigenvalue weighted by molar-refractivity contribution is 7.99. The molecule has 4 aromatic heterocycles. The van der Waals surface area contributed by atoms with Gasteiger partial charge in [-0.3, -0.25) is 9.48 Å². The second-order valence-electron chi connectivity index (χ2n) is 8.74. The maximum atomic E-state index is 14.4. The van der Waals surface area contributed by atoms with E-state index in [-0.39, 0.29) is 23.0 Å². The standard InChI is InChI=1S/C25H24FN7OS/c1-15-21(13-30-33(15)20-7-5-19(6-8-20)31-16(2)34)17-10-23(35-25-22(26)4-3-9-28-25)24-18(11-27)12-29-32(24)14-17/h3-4,9-10,12-14,19-20H,5-8H2,1-2H3,(H,31,34)/t19-,20-. The van der Waals surface area contributed by atoms with Crippen LogP contribution < -0.4 is 5.32 Å². The van der Waals surface area contributed by atoms with Crippen LogP contribution in [0.5, 0.6) is 0 Å². The Labute approximate surface area is 206 Å². The van der Waals surface area contributed by atoms with Gasteiger partial charge in [-0.1, -0.05) is 11.8 Å². The molecule has 1 fully saturated rings. The maximum absolute atomic E-state index is 14.4. The van der Waals surface area contributed by atoms with Gasteiger partial charge >= 0.3 is 0 Å². The van der Waals surface area contributed by atoms with Gasteiger partial charge in [0.25, 0.3) is 0 Å². The number of rotatable bonds is 5. The molecule has 178 valence electrons. The molecule has 0 spiro atoms. The van der Waals surface area contributed by atoms with Crippen LogP contribution in [-0.2, 0) is 4.79 Å². The van der Waals surface area contributed by atoms with Gasteiger partial charge in [-0.2, -0.15) is 15.5 Å². The van der Waals surface area contributed by atoms with Crippen LogP contribution in [0.1, 0.15) is 49.9 Å². The third-order valence-corrected chi connectivity index (χ3v) is 7.46. The molecule has 1 aliphatic rings. The molecule has 0 aliphatic heterocycles. The number of pyridine rings is 2. The van der Waals surface area contributed by atoms with Gasteiger partial charge < -0.3 is 5.32 Å². The molecule has 0 atom stereocenters. The van der Waals surface area contributed by atoms with E-state index in [0.717, 1.165) is 42.5 Å². The highest BCUT2D eigenvalue weighted by atomic mass is 32.2. The summed E-state index contributed by atoms with van der Waals surface area (Å²) >= 11 is 1.17. The van der Waals surface area contributed by atoms with Gasteiger partial charge in [0.15, 0.2) is 5.82 Å². The minimum absolute atomic E-state index is 0.0128. The van der Waals surface area contributed by atoms with E-state index in [1.54, 1.807) is 23.7 Å². The molecule has 0 radical (unpaired) electrons. The molecular weight excluding hydrogens is 465 g/mol. The summed E-state index contributed by atoms with van der Waals surface area (Å²) in [6.07, 6.45) is 10.5. The van der Waals surface area contributed by atoms with Crippen LogP contribution in [0, 0.1) is 24.1 Å². The van der Waals surface area contributed by atoms with Crippen LogP contribution in [0.4, 0.5) is 4.39 Å². The normalized spacial score (nSPS) is 17.9. The lowest BCUT2D eigenvalue weighted by Gasteiger charge is -2.29. The summed E-state index contributed by atoms with van der Waals surface area (Å²) in [7, 11) is 0. The van der Waals surface area contributed by atoms with Gasteiger partial charge in [0.1, 0.15) is 11.1 Å². The predicted octanol–water partition coefficient (Wildman–Crippen LogP) is 4.68. The Morgan fingerprint density at radius 2 is 2.06 bits per heavy atom. The second kappa shape index (κ2) is 9.50. The first-order valence-corrected chi connectivity index (χ1v) is 12.3. The number of halogens is 1. The summed E-state index contributed by atoms with van der Waals surface area (Å²) < 4.78 is 18.1. The van der Waals surface area contributed by atoms with Crippen molar-refractivity contribution in [3.8, 4) is 17.2 Å². The Balaban J connectivity index is 1.49. The third-order valence-electron chi connectivity index (χ3n) is 6.43. The topological polar surface area (TPSA) is 101 Å². The molecule has 5 rings (SSSR count). The van der Waals surface area contributed by atoms with Crippen molar-refractivity contribution in [1.29, 1.82) is 5.26 Å². The number of fused-ring (bicyclic) bond motifs is 1. The van der Waals surface area contributed by atoms with Crippen LogP contribution in [0.15, 0.2) is 52.9 Å². The molecule has 1 amide bonds. The fourth-order valence-corrected chi connectivity index (χ4v) is 5.74. The van der Waals surface area contributed by atoms with Crippen molar-refractivity contribution in [3.63, 3.8) is 0 Å². The van der Waals surface area contributed by atoms with Crippen molar-refractivity contribution in [2.45, 2.75) is 61.5 Å². The van der Waals surface area contributed by atoms with Gasteiger partial charge in [-0.25, -0.2) is 13.9 Å². The SMILES string of the molecule is CC(=O)N[C@H]1CC[C@H](n2ncc(-c3cc(Sc4ncccc4F)c4c(C#N)cnn4c3)c2C)CC1. The van der Waals surface area contributed by atoms with E-state index in [0.29, 0.717) is 16.0 Å². The average molecular weight is 490 g/mol. The monoisotopic (exact) mass is 489 g/mol.